The maximum atomic E-state index is 12.8. The van der Waals surface area contributed by atoms with Gasteiger partial charge in [0.1, 0.15) is 0 Å². The molecule has 2 aromatic carbocycles. The molecule has 0 saturated heterocycles. The van der Waals surface area contributed by atoms with Gasteiger partial charge in [0.2, 0.25) is 5.91 Å². The van der Waals surface area contributed by atoms with E-state index in [9.17, 15) is 22.8 Å². The maximum Gasteiger partial charge on any atom is 0.416 e. The van der Waals surface area contributed by atoms with Gasteiger partial charge in [-0.25, -0.2) is 0 Å². The lowest BCUT2D eigenvalue weighted by molar-refractivity contribution is -0.137. The SMILES string of the molecule is O=C1CN(CC(=O)c2ccccc2)c2ccc(C(F)(F)F)cc2N1. The average Bonchev–Trinajstić information content (AvgIpc) is 2.54. The van der Waals surface area contributed by atoms with Crippen LogP contribution in [0.2, 0.25) is 0 Å². The monoisotopic (exact) mass is 334 g/mol. The second-order valence-electron chi connectivity index (χ2n) is 5.42. The number of hydrogen-bond acceptors (Lipinski definition) is 3. The highest BCUT2D eigenvalue weighted by Gasteiger charge is 2.33. The number of amides is 1. The first kappa shape index (κ1) is 16.0. The predicted molar refractivity (Wildman–Crippen MR) is 83.1 cm³/mol. The molecule has 0 bridgehead atoms. The van der Waals surface area contributed by atoms with Crippen LogP contribution in [0, 0.1) is 0 Å². The number of benzene rings is 2. The molecule has 0 aromatic heterocycles. The number of fused-ring (bicyclic) bond motifs is 1. The Morgan fingerprint density at radius 3 is 2.50 bits per heavy atom. The highest BCUT2D eigenvalue weighted by Crippen LogP contribution is 2.36. The fraction of sp³-hybridized carbons (Fsp3) is 0.176. The largest absolute Gasteiger partial charge is 0.416 e. The Morgan fingerprint density at radius 2 is 1.83 bits per heavy atom. The third kappa shape index (κ3) is 3.24. The van der Waals surface area contributed by atoms with E-state index in [0.717, 1.165) is 12.1 Å². The minimum atomic E-state index is -4.50. The summed E-state index contributed by atoms with van der Waals surface area (Å²) in [6, 6.07) is 11.6. The van der Waals surface area contributed by atoms with Gasteiger partial charge < -0.3 is 10.2 Å². The number of nitrogens with one attached hydrogen (secondary N) is 1. The Kier molecular flexibility index (Phi) is 4.01. The second kappa shape index (κ2) is 5.99. The molecule has 0 fully saturated rings. The van der Waals surface area contributed by atoms with E-state index in [1.807, 2.05) is 0 Å². The molecule has 3 rings (SSSR count). The summed E-state index contributed by atoms with van der Waals surface area (Å²) >= 11 is 0. The number of anilines is 2. The summed E-state index contributed by atoms with van der Waals surface area (Å²) in [6.07, 6.45) is -4.50. The van der Waals surface area contributed by atoms with Gasteiger partial charge in [-0.05, 0) is 18.2 Å². The van der Waals surface area contributed by atoms with Crippen molar-refractivity contribution in [2.24, 2.45) is 0 Å². The third-order valence-corrected chi connectivity index (χ3v) is 3.70. The van der Waals surface area contributed by atoms with Crippen LogP contribution in [0.5, 0.6) is 0 Å². The number of alkyl halides is 3. The highest BCUT2D eigenvalue weighted by molar-refractivity contribution is 6.05. The molecule has 0 spiro atoms. The van der Waals surface area contributed by atoms with E-state index in [1.54, 1.807) is 30.3 Å². The van der Waals surface area contributed by atoms with Crippen molar-refractivity contribution in [1.82, 2.24) is 0 Å². The lowest BCUT2D eigenvalue weighted by Gasteiger charge is -2.30. The number of carbonyl (C=O) groups is 2. The molecule has 2 aromatic rings. The van der Waals surface area contributed by atoms with E-state index in [0.29, 0.717) is 11.3 Å². The summed E-state index contributed by atoms with van der Waals surface area (Å²) < 4.78 is 38.4. The number of rotatable bonds is 3. The van der Waals surface area contributed by atoms with Gasteiger partial charge >= 0.3 is 6.18 Å². The molecular formula is C17H13F3N2O2. The summed E-state index contributed by atoms with van der Waals surface area (Å²) in [6.45, 7) is -0.174. The molecule has 0 aliphatic carbocycles. The molecule has 4 nitrogen and oxygen atoms in total. The van der Waals surface area contributed by atoms with Crippen molar-refractivity contribution in [1.29, 1.82) is 0 Å². The number of hydrogen-bond donors (Lipinski definition) is 1. The van der Waals surface area contributed by atoms with E-state index in [-0.39, 0.29) is 24.6 Å². The van der Waals surface area contributed by atoms with Crippen LogP contribution < -0.4 is 10.2 Å². The van der Waals surface area contributed by atoms with Crippen molar-refractivity contribution in [2.75, 3.05) is 23.3 Å². The van der Waals surface area contributed by atoms with Gasteiger partial charge in [0, 0.05) is 5.56 Å². The van der Waals surface area contributed by atoms with Crippen molar-refractivity contribution in [3.05, 3.63) is 59.7 Å². The number of carbonyl (C=O) groups excluding carboxylic acids is 2. The van der Waals surface area contributed by atoms with Crippen LogP contribution in [0.3, 0.4) is 0 Å². The van der Waals surface area contributed by atoms with E-state index in [1.165, 1.54) is 11.0 Å². The molecule has 1 aliphatic rings. The molecule has 0 unspecified atom stereocenters. The Bertz CT molecular complexity index is 788. The number of Topliss-reactive ketones (excluding diaryl/α,β-unsaturated/α-hetero) is 1. The van der Waals surface area contributed by atoms with E-state index in [4.69, 9.17) is 0 Å². The molecule has 124 valence electrons. The third-order valence-electron chi connectivity index (χ3n) is 3.70. The van der Waals surface area contributed by atoms with Crippen molar-refractivity contribution in [2.45, 2.75) is 6.18 Å². The Hall–Kier alpha value is -2.83. The van der Waals surface area contributed by atoms with Crippen molar-refractivity contribution in [3.8, 4) is 0 Å². The number of ketones is 1. The van der Waals surface area contributed by atoms with Crippen LogP contribution in [-0.2, 0) is 11.0 Å². The summed E-state index contributed by atoms with van der Waals surface area (Å²) in [4.78, 5) is 25.5. The van der Waals surface area contributed by atoms with Gasteiger partial charge in [0.25, 0.3) is 0 Å². The quantitative estimate of drug-likeness (QED) is 0.876. The fourth-order valence-corrected chi connectivity index (χ4v) is 2.57. The van der Waals surface area contributed by atoms with E-state index < -0.39 is 17.6 Å². The lowest BCUT2D eigenvalue weighted by atomic mass is 10.1. The second-order valence-corrected chi connectivity index (χ2v) is 5.42. The Labute approximate surface area is 135 Å². The molecule has 1 aliphatic heterocycles. The van der Waals surface area contributed by atoms with Crippen molar-refractivity contribution >= 4 is 23.1 Å². The van der Waals surface area contributed by atoms with Crippen LogP contribution in [-0.4, -0.2) is 24.8 Å². The number of halogens is 3. The summed E-state index contributed by atoms with van der Waals surface area (Å²) in [5.74, 6) is -0.668. The average molecular weight is 334 g/mol. The van der Waals surface area contributed by atoms with Gasteiger partial charge in [-0.2, -0.15) is 13.2 Å². The molecule has 1 N–H and O–H groups in total. The Morgan fingerprint density at radius 1 is 1.12 bits per heavy atom. The summed E-state index contributed by atoms with van der Waals surface area (Å²) in [5.41, 5.74) is 0.0866. The molecular weight excluding hydrogens is 321 g/mol. The van der Waals surface area contributed by atoms with Crippen LogP contribution in [0.1, 0.15) is 15.9 Å². The normalized spacial score (nSPS) is 14.1. The van der Waals surface area contributed by atoms with Gasteiger partial charge in [0.15, 0.2) is 5.78 Å². The molecule has 0 radical (unpaired) electrons. The van der Waals surface area contributed by atoms with Crippen LogP contribution in [0.25, 0.3) is 0 Å². The van der Waals surface area contributed by atoms with Gasteiger partial charge in [-0.15, -0.1) is 0 Å². The Balaban J connectivity index is 1.89. The van der Waals surface area contributed by atoms with Crippen LogP contribution in [0.15, 0.2) is 48.5 Å². The minimum Gasteiger partial charge on any atom is -0.353 e. The van der Waals surface area contributed by atoms with Gasteiger partial charge in [-0.1, -0.05) is 30.3 Å². The summed E-state index contributed by atoms with van der Waals surface area (Å²) in [7, 11) is 0. The van der Waals surface area contributed by atoms with Gasteiger partial charge in [-0.3, -0.25) is 9.59 Å². The molecule has 7 heteroatoms. The predicted octanol–water partition coefficient (Wildman–Crippen LogP) is 3.35. The molecule has 1 amide bonds. The molecule has 0 saturated carbocycles. The highest BCUT2D eigenvalue weighted by atomic mass is 19.4. The smallest absolute Gasteiger partial charge is 0.353 e. The molecule has 24 heavy (non-hydrogen) atoms. The van der Waals surface area contributed by atoms with Crippen molar-refractivity contribution in [3.63, 3.8) is 0 Å². The summed E-state index contributed by atoms with van der Waals surface area (Å²) in [5, 5.41) is 2.42. The molecule has 1 heterocycles. The zero-order chi connectivity index (χ0) is 17.3. The van der Waals surface area contributed by atoms with Crippen LogP contribution in [0.4, 0.5) is 24.5 Å². The molecule has 0 atom stereocenters. The maximum absolute atomic E-state index is 12.8. The first-order valence-corrected chi connectivity index (χ1v) is 7.19. The van der Waals surface area contributed by atoms with E-state index in [2.05, 4.69) is 5.32 Å². The zero-order valence-electron chi connectivity index (χ0n) is 12.4. The standard InChI is InChI=1S/C17H13F3N2O2/c18-17(19,20)12-6-7-14-13(8-12)21-16(24)10-22(14)9-15(23)11-4-2-1-3-5-11/h1-8H,9-10H2,(H,21,24). The fourth-order valence-electron chi connectivity index (χ4n) is 2.57. The lowest BCUT2D eigenvalue weighted by Crippen LogP contribution is -2.41. The van der Waals surface area contributed by atoms with Crippen LogP contribution >= 0.6 is 0 Å². The minimum absolute atomic E-state index is 0.0573. The van der Waals surface area contributed by atoms with Gasteiger partial charge in [0.05, 0.1) is 30.0 Å². The van der Waals surface area contributed by atoms with Crippen molar-refractivity contribution < 1.29 is 22.8 Å². The first-order valence-electron chi connectivity index (χ1n) is 7.19. The first-order chi connectivity index (χ1) is 11.3. The van der Waals surface area contributed by atoms with E-state index >= 15 is 0 Å². The number of nitrogens with zero attached hydrogens (tertiary/aromatic N) is 1. The topological polar surface area (TPSA) is 49.4 Å². The zero-order valence-corrected chi connectivity index (χ0v) is 12.4.